The molecule has 140 valence electrons. The molecule has 2 aromatic rings. The Hall–Kier alpha value is -2.37. The lowest BCUT2D eigenvalue weighted by Gasteiger charge is -2.20. The number of phenolic OH excluding ortho intramolecular Hbond substituents is 1. The second-order valence-corrected chi connectivity index (χ2v) is 6.59. The Kier molecular flexibility index (Phi) is 7.63. The molecule has 5 heteroatoms. The molecule has 0 heterocycles. The van der Waals surface area contributed by atoms with E-state index in [0.29, 0.717) is 6.42 Å². The lowest BCUT2D eigenvalue weighted by atomic mass is 10.0. The quantitative estimate of drug-likeness (QED) is 0.525. The Morgan fingerprint density at radius 3 is 2.15 bits per heavy atom. The zero-order valence-corrected chi connectivity index (χ0v) is 15.1. The third-order valence-corrected chi connectivity index (χ3v) is 4.47. The Bertz CT molecular complexity index is 682. The Labute approximate surface area is 154 Å². The van der Waals surface area contributed by atoms with Gasteiger partial charge in [0.25, 0.3) is 0 Å². The predicted octanol–water partition coefficient (Wildman–Crippen LogP) is 3.05. The zero-order valence-electron chi connectivity index (χ0n) is 15.1. The van der Waals surface area contributed by atoms with E-state index < -0.39 is 12.1 Å². The van der Waals surface area contributed by atoms with Crippen LogP contribution < -0.4 is 5.32 Å². The van der Waals surface area contributed by atoms with Crippen LogP contribution >= 0.6 is 0 Å². The van der Waals surface area contributed by atoms with E-state index in [1.807, 2.05) is 19.1 Å². The van der Waals surface area contributed by atoms with Crippen molar-refractivity contribution in [3.05, 3.63) is 65.2 Å². The molecule has 0 aliphatic carbocycles. The van der Waals surface area contributed by atoms with Gasteiger partial charge in [-0.05, 0) is 61.6 Å². The molecular weight excluding hydrogens is 330 g/mol. The highest BCUT2D eigenvalue weighted by Gasteiger charge is 2.15. The summed E-state index contributed by atoms with van der Waals surface area (Å²) in [5.74, 6) is -0.565. The van der Waals surface area contributed by atoms with E-state index in [4.69, 9.17) is 5.11 Å². The van der Waals surface area contributed by atoms with E-state index in [2.05, 4.69) is 17.4 Å². The van der Waals surface area contributed by atoms with Gasteiger partial charge in [-0.1, -0.05) is 36.4 Å². The summed E-state index contributed by atoms with van der Waals surface area (Å²) in [6.07, 6.45) is 1.85. The van der Waals surface area contributed by atoms with E-state index in [-0.39, 0.29) is 18.2 Å². The average molecular weight is 357 g/mol. The smallest absolute Gasteiger partial charge is 0.303 e. The molecule has 0 unspecified atom stereocenters. The largest absolute Gasteiger partial charge is 0.508 e. The van der Waals surface area contributed by atoms with Gasteiger partial charge in [-0.15, -0.1) is 0 Å². The summed E-state index contributed by atoms with van der Waals surface area (Å²) in [6.45, 7) is 2.68. The van der Waals surface area contributed by atoms with Crippen LogP contribution in [0.1, 0.15) is 42.6 Å². The number of aliphatic hydroxyl groups excluding tert-OH is 1. The van der Waals surface area contributed by atoms with Crippen LogP contribution in [0, 0.1) is 0 Å². The standard InChI is InChI=1S/C21H27NO4/c1-15(21(26)18-9-11-19(23)12-10-18)22-14-13-17-7-5-16(6-8-17)3-2-4-20(24)25/h5-12,15,21-23,26H,2-4,13-14H2,1H3,(H,24,25)/t15-,21-/m1/s1. The van der Waals surface area contributed by atoms with E-state index >= 15 is 0 Å². The summed E-state index contributed by atoms with van der Waals surface area (Å²) >= 11 is 0. The molecule has 0 saturated carbocycles. The van der Waals surface area contributed by atoms with Gasteiger partial charge in [0.2, 0.25) is 0 Å². The molecule has 2 rings (SSSR count). The molecule has 2 atom stereocenters. The molecule has 0 bridgehead atoms. The highest BCUT2D eigenvalue weighted by atomic mass is 16.4. The second kappa shape index (κ2) is 9.94. The summed E-state index contributed by atoms with van der Waals surface area (Å²) in [5, 5.41) is 31.7. The van der Waals surface area contributed by atoms with Gasteiger partial charge in [0.1, 0.15) is 5.75 Å². The number of nitrogens with one attached hydrogen (secondary N) is 1. The minimum Gasteiger partial charge on any atom is -0.508 e. The number of aliphatic hydroxyl groups is 1. The van der Waals surface area contributed by atoms with Crippen molar-refractivity contribution in [1.82, 2.24) is 5.32 Å². The van der Waals surface area contributed by atoms with Crippen LogP contribution in [0.5, 0.6) is 5.75 Å². The van der Waals surface area contributed by atoms with Crippen LogP contribution in [0.25, 0.3) is 0 Å². The van der Waals surface area contributed by atoms with Crippen molar-refractivity contribution in [3.63, 3.8) is 0 Å². The Balaban J connectivity index is 1.74. The fourth-order valence-electron chi connectivity index (χ4n) is 2.83. The van der Waals surface area contributed by atoms with E-state index in [1.165, 1.54) is 5.56 Å². The van der Waals surface area contributed by atoms with E-state index in [9.17, 15) is 15.0 Å². The number of aliphatic carboxylic acids is 1. The van der Waals surface area contributed by atoms with Gasteiger partial charge in [0.05, 0.1) is 6.10 Å². The molecule has 0 spiro atoms. The summed E-state index contributed by atoms with van der Waals surface area (Å²) in [4.78, 5) is 10.5. The number of aromatic hydroxyl groups is 1. The molecule has 0 amide bonds. The van der Waals surface area contributed by atoms with Gasteiger partial charge in [-0.2, -0.15) is 0 Å². The van der Waals surface area contributed by atoms with Crippen LogP contribution in [0.15, 0.2) is 48.5 Å². The number of benzene rings is 2. The molecule has 26 heavy (non-hydrogen) atoms. The van der Waals surface area contributed by atoms with Gasteiger partial charge < -0.3 is 20.6 Å². The summed E-state index contributed by atoms with van der Waals surface area (Å²) in [5.41, 5.74) is 3.12. The predicted molar refractivity (Wildman–Crippen MR) is 101 cm³/mol. The Morgan fingerprint density at radius 1 is 1.00 bits per heavy atom. The van der Waals surface area contributed by atoms with Crippen LogP contribution in [0.4, 0.5) is 0 Å². The molecule has 2 aromatic carbocycles. The fraction of sp³-hybridized carbons (Fsp3) is 0.381. The van der Waals surface area contributed by atoms with Crippen molar-refractivity contribution in [2.45, 2.75) is 44.8 Å². The van der Waals surface area contributed by atoms with Crippen LogP contribution in [-0.4, -0.2) is 33.9 Å². The first kappa shape index (κ1) is 19.9. The molecule has 0 aliphatic heterocycles. The topological polar surface area (TPSA) is 89.8 Å². The van der Waals surface area contributed by atoms with Crippen molar-refractivity contribution < 1.29 is 20.1 Å². The van der Waals surface area contributed by atoms with Crippen molar-refractivity contribution in [1.29, 1.82) is 0 Å². The molecule has 0 fully saturated rings. The summed E-state index contributed by atoms with van der Waals surface area (Å²) in [6, 6.07) is 14.7. The summed E-state index contributed by atoms with van der Waals surface area (Å²) in [7, 11) is 0. The first-order chi connectivity index (χ1) is 12.5. The highest BCUT2D eigenvalue weighted by molar-refractivity contribution is 5.66. The molecule has 0 radical (unpaired) electrons. The lowest BCUT2D eigenvalue weighted by molar-refractivity contribution is -0.137. The number of hydrogen-bond donors (Lipinski definition) is 4. The molecular formula is C21H27NO4. The number of carboxylic acids is 1. The maximum Gasteiger partial charge on any atom is 0.303 e. The van der Waals surface area contributed by atoms with Crippen molar-refractivity contribution >= 4 is 5.97 Å². The van der Waals surface area contributed by atoms with Crippen molar-refractivity contribution in [2.75, 3.05) is 6.54 Å². The third-order valence-electron chi connectivity index (χ3n) is 4.47. The van der Waals surface area contributed by atoms with Crippen LogP contribution in [-0.2, 0) is 17.6 Å². The third kappa shape index (κ3) is 6.50. The number of rotatable bonds is 10. The minimum atomic E-state index is -0.753. The van der Waals surface area contributed by atoms with Gasteiger partial charge in [0, 0.05) is 12.5 Å². The Morgan fingerprint density at radius 2 is 1.58 bits per heavy atom. The second-order valence-electron chi connectivity index (χ2n) is 6.59. The number of carbonyl (C=O) groups is 1. The van der Waals surface area contributed by atoms with Gasteiger partial charge >= 0.3 is 5.97 Å². The van der Waals surface area contributed by atoms with Gasteiger partial charge in [0.15, 0.2) is 0 Å². The normalized spacial score (nSPS) is 13.3. The molecule has 0 aromatic heterocycles. The lowest BCUT2D eigenvalue weighted by Crippen LogP contribution is -2.33. The first-order valence-electron chi connectivity index (χ1n) is 8.95. The maximum absolute atomic E-state index is 10.5. The minimum absolute atomic E-state index is 0.102. The first-order valence-corrected chi connectivity index (χ1v) is 8.95. The van der Waals surface area contributed by atoms with Crippen molar-refractivity contribution in [3.8, 4) is 5.75 Å². The van der Waals surface area contributed by atoms with Crippen LogP contribution in [0.2, 0.25) is 0 Å². The number of aryl methyl sites for hydroxylation is 1. The van der Waals surface area contributed by atoms with Gasteiger partial charge in [-0.3, -0.25) is 4.79 Å². The SMILES string of the molecule is C[C@@H](NCCc1ccc(CCCC(=O)O)cc1)[C@@H](O)c1ccc(O)cc1. The van der Waals surface area contributed by atoms with Gasteiger partial charge in [-0.25, -0.2) is 0 Å². The molecule has 0 aliphatic rings. The summed E-state index contributed by atoms with van der Waals surface area (Å²) < 4.78 is 0. The number of phenols is 1. The van der Waals surface area contributed by atoms with E-state index in [0.717, 1.165) is 30.5 Å². The average Bonchev–Trinajstić information content (AvgIpc) is 2.62. The maximum atomic E-state index is 10.5. The number of carboxylic acid groups (broad SMARTS) is 1. The van der Waals surface area contributed by atoms with Crippen LogP contribution in [0.3, 0.4) is 0 Å². The molecule has 0 saturated heterocycles. The molecule has 4 N–H and O–H groups in total. The van der Waals surface area contributed by atoms with Crippen molar-refractivity contribution in [2.24, 2.45) is 0 Å². The number of hydrogen-bond acceptors (Lipinski definition) is 4. The highest BCUT2D eigenvalue weighted by Crippen LogP contribution is 2.19. The monoisotopic (exact) mass is 357 g/mol. The van der Waals surface area contributed by atoms with E-state index in [1.54, 1.807) is 24.3 Å². The molecule has 5 nitrogen and oxygen atoms in total. The zero-order chi connectivity index (χ0) is 18.9. The fourth-order valence-corrected chi connectivity index (χ4v) is 2.83.